The van der Waals surface area contributed by atoms with E-state index in [9.17, 15) is 29.5 Å². The van der Waals surface area contributed by atoms with Gasteiger partial charge in [0.25, 0.3) is 5.91 Å². The Kier molecular flexibility index (Phi) is 16.3. The van der Waals surface area contributed by atoms with Gasteiger partial charge in [-0.1, -0.05) is 103 Å². The van der Waals surface area contributed by atoms with E-state index in [0.29, 0.717) is 52.8 Å². The average molecular weight is 1000 g/mol. The standard InChI is InChI=1S/C56H64ClN5O8S/c1-34-48(71-33-60-34)37-17-15-35(16-18-37)30-59-50(66)46-27-40(63)31-62(46)51(67)44(54(2,3)4)26-41(64)32-69-47-14-10-9-12-36(47)13-11-25-68-42-22-19-38(20-23-42)49(65)61-52-55(5,6)53(56(52,7)8)70-43-24-21-39(29-58)45(57)28-43/h9-10,12,14-24,28,33,40,44,46,52-53,63H,11,13,25-27,30-32H2,1-8H3,(H,59,66)(H,61,65)/t40-,44-,46+,52-,53-/m1/s1. The van der Waals surface area contributed by atoms with Crippen LogP contribution in [0.4, 0.5) is 0 Å². The largest absolute Gasteiger partial charge is 0.494 e. The van der Waals surface area contributed by atoms with Gasteiger partial charge in [-0.2, -0.15) is 5.26 Å². The number of Topliss-reactive ketones (excluding diaryl/α,β-unsaturated/α-hetero) is 1. The molecule has 2 heterocycles. The van der Waals surface area contributed by atoms with Crippen molar-refractivity contribution in [2.75, 3.05) is 19.8 Å². The number of hydrogen-bond donors (Lipinski definition) is 3. The number of aliphatic hydroxyl groups excluding tert-OH is 1. The molecule has 1 aliphatic carbocycles. The third-order valence-corrected chi connectivity index (χ3v) is 15.1. The summed E-state index contributed by atoms with van der Waals surface area (Å²) in [4.78, 5) is 61.7. The highest BCUT2D eigenvalue weighted by Crippen LogP contribution is 2.55. The Morgan fingerprint density at radius 2 is 1.65 bits per heavy atom. The minimum absolute atomic E-state index is 0.00653. The van der Waals surface area contributed by atoms with Gasteiger partial charge in [0.05, 0.1) is 45.3 Å². The van der Waals surface area contributed by atoms with Gasteiger partial charge in [-0.3, -0.25) is 19.2 Å². The van der Waals surface area contributed by atoms with Crippen LogP contribution in [0.25, 0.3) is 10.4 Å². The number of carbonyl (C=O) groups is 4. The number of β-amino-alcohol motifs (C(OH)–C–C–N with tert-alkyl or cyclic N) is 1. The number of benzene rings is 4. The number of ketones is 1. The second-order valence-corrected chi connectivity index (χ2v) is 22.2. The van der Waals surface area contributed by atoms with Gasteiger partial charge in [0.1, 0.15) is 42.1 Å². The van der Waals surface area contributed by atoms with Crippen molar-refractivity contribution in [2.24, 2.45) is 22.2 Å². The summed E-state index contributed by atoms with van der Waals surface area (Å²) >= 11 is 7.83. The number of para-hydroxylation sites is 1. The maximum Gasteiger partial charge on any atom is 0.251 e. The van der Waals surface area contributed by atoms with Gasteiger partial charge in [-0.05, 0) is 84.3 Å². The molecule has 3 atom stereocenters. The van der Waals surface area contributed by atoms with Gasteiger partial charge in [-0.15, -0.1) is 11.3 Å². The molecule has 0 unspecified atom stereocenters. The number of nitriles is 1. The summed E-state index contributed by atoms with van der Waals surface area (Å²) in [5.41, 5.74) is 5.09. The molecule has 15 heteroatoms. The topological polar surface area (TPSA) is 180 Å². The van der Waals surface area contributed by atoms with Gasteiger partial charge in [0.2, 0.25) is 11.8 Å². The number of amides is 3. The van der Waals surface area contributed by atoms with Gasteiger partial charge >= 0.3 is 0 Å². The molecule has 0 radical (unpaired) electrons. The first-order chi connectivity index (χ1) is 33.7. The van der Waals surface area contributed by atoms with Crippen LogP contribution < -0.4 is 24.8 Å². The minimum Gasteiger partial charge on any atom is -0.494 e. The van der Waals surface area contributed by atoms with Crippen LogP contribution in [0.3, 0.4) is 0 Å². The van der Waals surface area contributed by atoms with Crippen LogP contribution in [-0.2, 0) is 27.3 Å². The zero-order valence-corrected chi connectivity index (χ0v) is 43.3. The first-order valence-electron chi connectivity index (χ1n) is 24.1. The molecule has 2 fully saturated rings. The Hall–Kier alpha value is -6.27. The number of rotatable bonds is 19. The monoisotopic (exact) mass is 1000 g/mol. The Balaban J connectivity index is 0.863. The molecule has 374 valence electrons. The summed E-state index contributed by atoms with van der Waals surface area (Å²) in [5, 5.41) is 26.4. The smallest absolute Gasteiger partial charge is 0.251 e. The Morgan fingerprint density at radius 1 is 0.958 bits per heavy atom. The van der Waals surface area contributed by atoms with Crippen molar-refractivity contribution < 1.29 is 38.5 Å². The van der Waals surface area contributed by atoms with Crippen LogP contribution in [0.15, 0.2) is 96.5 Å². The molecule has 4 aromatic carbocycles. The van der Waals surface area contributed by atoms with E-state index < -0.39 is 34.3 Å². The molecule has 3 amide bonds. The molecule has 3 N–H and O–H groups in total. The van der Waals surface area contributed by atoms with E-state index in [1.54, 1.807) is 53.8 Å². The van der Waals surface area contributed by atoms with Gasteiger partial charge in [0.15, 0.2) is 5.78 Å². The van der Waals surface area contributed by atoms with Crippen molar-refractivity contribution in [1.82, 2.24) is 20.5 Å². The van der Waals surface area contributed by atoms with E-state index in [1.807, 2.05) is 81.7 Å². The van der Waals surface area contributed by atoms with E-state index in [1.165, 1.54) is 4.90 Å². The van der Waals surface area contributed by atoms with Crippen molar-refractivity contribution >= 4 is 46.4 Å². The molecule has 71 heavy (non-hydrogen) atoms. The van der Waals surface area contributed by atoms with Gasteiger partial charge < -0.3 is 34.9 Å². The molecule has 5 aromatic rings. The fraction of sp³-hybridized carbons (Fsp3) is 0.429. The van der Waals surface area contributed by atoms with E-state index in [4.69, 9.17) is 25.8 Å². The van der Waals surface area contributed by atoms with E-state index in [2.05, 4.69) is 49.4 Å². The number of nitrogens with one attached hydrogen (secondary N) is 2. The third kappa shape index (κ3) is 12.3. The van der Waals surface area contributed by atoms with Crippen LogP contribution in [0, 0.1) is 40.4 Å². The zero-order chi connectivity index (χ0) is 51.3. The van der Waals surface area contributed by atoms with Crippen molar-refractivity contribution in [3.63, 3.8) is 0 Å². The Labute approximate surface area is 425 Å². The predicted molar refractivity (Wildman–Crippen MR) is 274 cm³/mol. The second-order valence-electron chi connectivity index (χ2n) is 20.9. The fourth-order valence-electron chi connectivity index (χ4n) is 10.2. The average Bonchev–Trinajstić information content (AvgIpc) is 3.96. The Morgan fingerprint density at radius 3 is 2.30 bits per heavy atom. The normalized spacial score (nSPS) is 19.4. The lowest BCUT2D eigenvalue weighted by molar-refractivity contribution is -0.164. The van der Waals surface area contributed by atoms with Crippen molar-refractivity contribution in [3.8, 4) is 33.8 Å². The molecule has 1 saturated heterocycles. The highest BCUT2D eigenvalue weighted by atomic mass is 35.5. The number of thiazole rings is 1. The minimum atomic E-state index is -0.868. The maximum absolute atomic E-state index is 14.2. The summed E-state index contributed by atoms with van der Waals surface area (Å²) in [5.74, 6) is -0.150. The maximum atomic E-state index is 14.2. The molecular weight excluding hydrogens is 938 g/mol. The molecule has 1 saturated carbocycles. The third-order valence-electron chi connectivity index (χ3n) is 13.8. The van der Waals surface area contributed by atoms with E-state index in [0.717, 1.165) is 27.3 Å². The summed E-state index contributed by atoms with van der Waals surface area (Å²) in [6.07, 6.45) is 0.198. The summed E-state index contributed by atoms with van der Waals surface area (Å²) < 4.78 is 18.5. The molecule has 1 aromatic heterocycles. The number of halogens is 1. The number of carbonyl (C=O) groups excluding carboxylic acids is 4. The summed E-state index contributed by atoms with van der Waals surface area (Å²) in [7, 11) is 0. The van der Waals surface area contributed by atoms with Crippen LogP contribution in [0.1, 0.15) is 100 Å². The number of aliphatic hydroxyl groups is 1. The molecular formula is C56H64ClN5O8S. The first-order valence-corrected chi connectivity index (χ1v) is 25.3. The van der Waals surface area contributed by atoms with Crippen LogP contribution in [0.2, 0.25) is 5.02 Å². The number of aryl methyl sites for hydroxylation is 2. The molecule has 0 spiro atoms. The lowest BCUT2D eigenvalue weighted by Gasteiger charge is -2.63. The molecule has 1 aliphatic heterocycles. The van der Waals surface area contributed by atoms with E-state index in [-0.39, 0.29) is 68.2 Å². The zero-order valence-electron chi connectivity index (χ0n) is 41.7. The lowest BCUT2D eigenvalue weighted by Crippen LogP contribution is -2.74. The Bertz CT molecular complexity index is 2740. The summed E-state index contributed by atoms with van der Waals surface area (Å²) in [6.45, 7) is 16.3. The van der Waals surface area contributed by atoms with Crippen molar-refractivity contribution in [3.05, 3.63) is 129 Å². The lowest BCUT2D eigenvalue weighted by atomic mass is 9.49. The van der Waals surface area contributed by atoms with Gasteiger partial charge in [0, 0.05) is 54.4 Å². The summed E-state index contributed by atoms with van der Waals surface area (Å²) in [6, 6.07) is 28.5. The first kappa shape index (κ1) is 52.6. The van der Waals surface area contributed by atoms with Crippen molar-refractivity contribution in [1.29, 1.82) is 5.26 Å². The molecule has 2 aliphatic rings. The molecule has 13 nitrogen and oxygen atoms in total. The number of ether oxygens (including phenoxy) is 3. The predicted octanol–water partition coefficient (Wildman–Crippen LogP) is 9.55. The number of nitrogens with zero attached hydrogens (tertiary/aromatic N) is 3. The number of likely N-dealkylation sites (tertiary alicyclic amines) is 1. The second kappa shape index (κ2) is 22.0. The van der Waals surface area contributed by atoms with Crippen LogP contribution >= 0.6 is 22.9 Å². The molecule has 7 rings (SSSR count). The fourth-order valence-corrected chi connectivity index (χ4v) is 11.2. The number of aromatic nitrogens is 1. The molecule has 0 bridgehead atoms. The van der Waals surface area contributed by atoms with Crippen LogP contribution in [-0.4, -0.2) is 82.5 Å². The van der Waals surface area contributed by atoms with Crippen LogP contribution in [0.5, 0.6) is 17.2 Å². The SMILES string of the molecule is Cc1ncsc1-c1ccc(CNC(=O)[C@@H]2C[C@@H](O)CN2C(=O)[C@@H](CC(=O)COc2ccccc2CCCOc2ccc(C(=O)N[C@H]3C(C)(C)[C@H](Oc4ccc(C#N)c(Cl)c4)C3(C)C)cc2)C(C)(C)C)cc1. The van der Waals surface area contributed by atoms with Gasteiger partial charge in [-0.25, -0.2) is 4.98 Å². The number of hydrogen-bond acceptors (Lipinski definition) is 11. The quantitative estimate of drug-likeness (QED) is 0.0675. The van der Waals surface area contributed by atoms with Crippen molar-refractivity contribution in [2.45, 2.75) is 112 Å². The highest BCUT2D eigenvalue weighted by molar-refractivity contribution is 7.13. The van der Waals surface area contributed by atoms with E-state index >= 15 is 0 Å². The highest BCUT2D eigenvalue weighted by Gasteiger charge is 2.64.